The van der Waals surface area contributed by atoms with E-state index in [1.165, 1.54) is 12.1 Å². The van der Waals surface area contributed by atoms with Gasteiger partial charge in [-0.15, -0.1) is 13.2 Å². The zero-order chi connectivity index (χ0) is 17.9. The van der Waals surface area contributed by atoms with Crippen molar-refractivity contribution in [1.29, 1.82) is 0 Å². The summed E-state index contributed by atoms with van der Waals surface area (Å²) >= 11 is 0. The van der Waals surface area contributed by atoms with E-state index in [4.69, 9.17) is 10.3 Å². The largest absolute Gasteiger partial charge is 0.573 e. The molecule has 2 aromatic rings. The smallest absolute Gasteiger partial charge is 0.405 e. The molecule has 1 aliphatic heterocycles. The Balaban J connectivity index is 1.66. The summed E-state index contributed by atoms with van der Waals surface area (Å²) in [6.07, 6.45) is -2.82. The van der Waals surface area contributed by atoms with Gasteiger partial charge in [0.05, 0.1) is 0 Å². The third-order valence-electron chi connectivity index (χ3n) is 4.18. The summed E-state index contributed by atoms with van der Waals surface area (Å²) < 4.78 is 47.0. The second kappa shape index (κ2) is 7.30. The van der Waals surface area contributed by atoms with E-state index in [1.54, 1.807) is 12.1 Å². The number of alkyl halides is 3. The van der Waals surface area contributed by atoms with Crippen LogP contribution in [-0.4, -0.2) is 36.1 Å². The Bertz CT molecular complexity index is 697. The summed E-state index contributed by atoms with van der Waals surface area (Å²) in [7, 11) is 0. The molecule has 3 rings (SSSR count). The molecule has 0 amide bonds. The van der Waals surface area contributed by atoms with Gasteiger partial charge in [0.25, 0.3) is 5.95 Å². The van der Waals surface area contributed by atoms with E-state index in [0.717, 1.165) is 0 Å². The molecule has 0 radical (unpaired) electrons. The van der Waals surface area contributed by atoms with E-state index < -0.39 is 6.36 Å². The number of anilines is 1. The van der Waals surface area contributed by atoms with Gasteiger partial charge in [0.15, 0.2) is 0 Å². The lowest BCUT2D eigenvalue weighted by Crippen LogP contribution is -2.34. The predicted molar refractivity (Wildman–Crippen MR) is 84.4 cm³/mol. The van der Waals surface area contributed by atoms with E-state index >= 15 is 0 Å². The van der Waals surface area contributed by atoms with Gasteiger partial charge < -0.3 is 19.9 Å². The van der Waals surface area contributed by atoms with Crippen molar-refractivity contribution in [3.8, 4) is 5.75 Å². The van der Waals surface area contributed by atoms with Crippen molar-refractivity contribution >= 4 is 5.95 Å². The van der Waals surface area contributed by atoms with Gasteiger partial charge >= 0.3 is 6.36 Å². The van der Waals surface area contributed by atoms with Crippen molar-refractivity contribution < 1.29 is 22.4 Å². The summed E-state index contributed by atoms with van der Waals surface area (Å²) in [6, 6.07) is 6.31. The second-order valence-electron chi connectivity index (χ2n) is 5.87. The maximum Gasteiger partial charge on any atom is 0.573 e. The third-order valence-corrected chi connectivity index (χ3v) is 4.18. The minimum Gasteiger partial charge on any atom is -0.405 e. The average molecular weight is 356 g/mol. The van der Waals surface area contributed by atoms with Crippen LogP contribution < -0.4 is 15.4 Å². The summed E-state index contributed by atoms with van der Waals surface area (Å²) in [4.78, 5) is 6.25. The Morgan fingerprint density at radius 3 is 2.64 bits per heavy atom. The molecule has 0 aliphatic carbocycles. The lowest BCUT2D eigenvalue weighted by Gasteiger charge is -2.31. The van der Waals surface area contributed by atoms with Crippen LogP contribution in [0.25, 0.3) is 0 Å². The van der Waals surface area contributed by atoms with Gasteiger partial charge in [0.2, 0.25) is 5.89 Å². The SMILES string of the molecule is NCCc1nc(N2CCC(c3ccccc3OC(F)(F)F)CC2)no1. The lowest BCUT2D eigenvalue weighted by molar-refractivity contribution is -0.275. The Labute approximate surface area is 142 Å². The maximum atomic E-state index is 12.6. The van der Waals surface area contributed by atoms with Gasteiger partial charge in [-0.3, -0.25) is 0 Å². The Kier molecular flexibility index (Phi) is 5.12. The monoisotopic (exact) mass is 356 g/mol. The van der Waals surface area contributed by atoms with Gasteiger partial charge in [-0.05, 0) is 35.5 Å². The molecular weight excluding hydrogens is 337 g/mol. The molecule has 1 aromatic carbocycles. The minimum absolute atomic E-state index is 0.00906. The number of rotatable bonds is 5. The minimum atomic E-state index is -4.69. The number of para-hydroxylation sites is 1. The van der Waals surface area contributed by atoms with Crippen LogP contribution in [0.2, 0.25) is 0 Å². The molecule has 0 saturated carbocycles. The predicted octanol–water partition coefficient (Wildman–Crippen LogP) is 2.85. The van der Waals surface area contributed by atoms with Gasteiger partial charge in [-0.1, -0.05) is 18.2 Å². The van der Waals surface area contributed by atoms with Crippen LogP contribution in [0, 0.1) is 0 Å². The van der Waals surface area contributed by atoms with Crippen LogP contribution >= 0.6 is 0 Å². The number of ether oxygens (including phenoxy) is 1. The number of hydrogen-bond acceptors (Lipinski definition) is 6. The molecule has 1 saturated heterocycles. The molecule has 2 heterocycles. The van der Waals surface area contributed by atoms with E-state index in [2.05, 4.69) is 14.9 Å². The fraction of sp³-hybridized carbons (Fsp3) is 0.500. The fourth-order valence-electron chi connectivity index (χ4n) is 3.03. The van der Waals surface area contributed by atoms with Crippen LogP contribution in [0.3, 0.4) is 0 Å². The zero-order valence-electron chi connectivity index (χ0n) is 13.5. The summed E-state index contributed by atoms with van der Waals surface area (Å²) in [5.41, 5.74) is 6.04. The Morgan fingerprint density at radius 1 is 1.24 bits per heavy atom. The van der Waals surface area contributed by atoms with Crippen molar-refractivity contribution in [3.05, 3.63) is 35.7 Å². The topological polar surface area (TPSA) is 77.4 Å². The lowest BCUT2D eigenvalue weighted by atomic mass is 9.89. The molecular formula is C16H19F3N4O2. The average Bonchev–Trinajstić information content (AvgIpc) is 3.03. The molecule has 1 aliphatic rings. The van der Waals surface area contributed by atoms with Gasteiger partial charge in [-0.2, -0.15) is 4.98 Å². The van der Waals surface area contributed by atoms with Gasteiger partial charge in [0, 0.05) is 26.1 Å². The highest BCUT2D eigenvalue weighted by Crippen LogP contribution is 2.37. The maximum absolute atomic E-state index is 12.6. The Hall–Kier alpha value is -2.29. The van der Waals surface area contributed by atoms with Gasteiger partial charge in [0.1, 0.15) is 5.75 Å². The number of hydrogen-bond donors (Lipinski definition) is 1. The van der Waals surface area contributed by atoms with Crippen molar-refractivity contribution in [2.75, 3.05) is 24.5 Å². The van der Waals surface area contributed by atoms with Crippen molar-refractivity contribution in [2.45, 2.75) is 31.5 Å². The van der Waals surface area contributed by atoms with E-state index in [1.807, 2.05) is 4.90 Å². The first-order chi connectivity index (χ1) is 12.0. The fourth-order valence-corrected chi connectivity index (χ4v) is 3.03. The summed E-state index contributed by atoms with van der Waals surface area (Å²) in [5, 5.41) is 3.93. The van der Waals surface area contributed by atoms with E-state index in [9.17, 15) is 13.2 Å². The van der Waals surface area contributed by atoms with Crippen LogP contribution in [-0.2, 0) is 6.42 Å². The molecule has 0 unspecified atom stereocenters. The number of piperidine rings is 1. The molecule has 6 nitrogen and oxygen atoms in total. The van der Waals surface area contributed by atoms with E-state index in [0.29, 0.717) is 56.3 Å². The van der Waals surface area contributed by atoms with Crippen molar-refractivity contribution in [3.63, 3.8) is 0 Å². The quantitative estimate of drug-likeness (QED) is 0.888. The summed E-state index contributed by atoms with van der Waals surface area (Å²) in [5.74, 6) is 0.855. The zero-order valence-corrected chi connectivity index (χ0v) is 13.5. The molecule has 136 valence electrons. The Morgan fingerprint density at radius 2 is 1.96 bits per heavy atom. The number of halogens is 3. The molecule has 2 N–H and O–H groups in total. The van der Waals surface area contributed by atoms with Crippen LogP contribution in [0.4, 0.5) is 19.1 Å². The van der Waals surface area contributed by atoms with Crippen LogP contribution in [0.15, 0.2) is 28.8 Å². The summed E-state index contributed by atoms with van der Waals surface area (Å²) in [6.45, 7) is 1.69. The molecule has 9 heteroatoms. The first-order valence-electron chi connectivity index (χ1n) is 8.08. The molecule has 0 bridgehead atoms. The van der Waals surface area contributed by atoms with E-state index in [-0.39, 0.29) is 11.7 Å². The molecule has 0 atom stereocenters. The number of nitrogens with zero attached hydrogens (tertiary/aromatic N) is 3. The first-order valence-corrected chi connectivity index (χ1v) is 8.08. The number of aromatic nitrogens is 2. The molecule has 0 spiro atoms. The molecule has 1 aromatic heterocycles. The number of benzene rings is 1. The first kappa shape index (κ1) is 17.5. The second-order valence-corrected chi connectivity index (χ2v) is 5.87. The van der Waals surface area contributed by atoms with Crippen molar-refractivity contribution in [1.82, 2.24) is 10.1 Å². The third kappa shape index (κ3) is 4.41. The number of nitrogens with two attached hydrogens (primary N) is 1. The highest BCUT2D eigenvalue weighted by Gasteiger charge is 2.33. The molecule has 25 heavy (non-hydrogen) atoms. The standard InChI is InChI=1S/C16H19F3N4O2/c17-16(18,19)24-13-4-2-1-3-12(13)11-6-9-23(10-7-11)15-21-14(5-8-20)25-22-15/h1-4,11H,5-10,20H2. The van der Waals surface area contributed by atoms with Crippen LogP contribution in [0.5, 0.6) is 5.75 Å². The van der Waals surface area contributed by atoms with Crippen molar-refractivity contribution in [2.24, 2.45) is 5.73 Å². The molecule has 1 fully saturated rings. The normalized spacial score (nSPS) is 16.2. The highest BCUT2D eigenvalue weighted by molar-refractivity contribution is 5.38. The van der Waals surface area contributed by atoms with Crippen LogP contribution in [0.1, 0.15) is 30.2 Å². The van der Waals surface area contributed by atoms with Gasteiger partial charge in [-0.25, -0.2) is 0 Å². The highest BCUT2D eigenvalue weighted by atomic mass is 19.4.